The lowest BCUT2D eigenvalue weighted by Gasteiger charge is -2.21. The van der Waals surface area contributed by atoms with E-state index in [1.807, 2.05) is 0 Å². The molecule has 1 unspecified atom stereocenters. The molecule has 170 valence electrons. The number of carbonyl (C=O) groups is 3. The van der Waals surface area contributed by atoms with Crippen LogP contribution in [0.3, 0.4) is 0 Å². The Kier molecular flexibility index (Phi) is 6.52. The Hall–Kier alpha value is -3.43. The van der Waals surface area contributed by atoms with Gasteiger partial charge in [-0.25, -0.2) is 13.6 Å². The van der Waals surface area contributed by atoms with E-state index in [0.29, 0.717) is 4.90 Å². The van der Waals surface area contributed by atoms with Crippen LogP contribution in [-0.2, 0) is 15.5 Å². The summed E-state index contributed by atoms with van der Waals surface area (Å²) in [4.78, 5) is 36.5. The van der Waals surface area contributed by atoms with Crippen molar-refractivity contribution in [2.24, 2.45) is 0 Å². The molecule has 2 atom stereocenters. The smallest absolute Gasteiger partial charge is 0.326 e. The monoisotopic (exact) mass is 452 g/mol. The number of nitrogens with one attached hydrogen (secondary N) is 1. The van der Waals surface area contributed by atoms with Gasteiger partial charge in [0.15, 0.2) is 5.67 Å². The number of carboxylic acid groups (broad SMARTS) is 1. The fraction of sp³-hybridized carbons (Fsp3) is 0.318. The maximum atomic E-state index is 14.6. The normalized spacial score (nSPS) is 20.8. The Balaban J connectivity index is 1.64. The Bertz CT molecular complexity index is 1000. The van der Waals surface area contributed by atoms with Crippen molar-refractivity contribution >= 4 is 17.8 Å². The highest BCUT2D eigenvalue weighted by molar-refractivity contribution is 5.97. The van der Waals surface area contributed by atoms with Crippen LogP contribution in [0.2, 0.25) is 0 Å². The maximum Gasteiger partial charge on any atom is 0.326 e. The van der Waals surface area contributed by atoms with Crippen LogP contribution in [0.4, 0.5) is 17.6 Å². The number of aliphatic carboxylic acids is 1. The van der Waals surface area contributed by atoms with E-state index in [4.69, 9.17) is 5.11 Å². The molecule has 6 nitrogen and oxygen atoms in total. The molecule has 2 N–H and O–H groups in total. The van der Waals surface area contributed by atoms with Crippen LogP contribution in [0.15, 0.2) is 54.6 Å². The first-order valence-corrected chi connectivity index (χ1v) is 9.66. The van der Waals surface area contributed by atoms with Gasteiger partial charge in [0.05, 0.1) is 13.1 Å². The minimum Gasteiger partial charge on any atom is -0.480 e. The number of alkyl halides is 4. The summed E-state index contributed by atoms with van der Waals surface area (Å²) >= 11 is 0. The van der Waals surface area contributed by atoms with Crippen LogP contribution in [0.1, 0.15) is 27.9 Å². The number of likely N-dealkylation sites (tertiary alicyclic amines) is 1. The number of nitrogens with zero attached hydrogens (tertiary/aromatic N) is 1. The van der Waals surface area contributed by atoms with Crippen molar-refractivity contribution in [3.05, 3.63) is 71.3 Å². The van der Waals surface area contributed by atoms with Gasteiger partial charge in [-0.3, -0.25) is 9.59 Å². The molecule has 1 heterocycles. The number of rotatable bonds is 7. The summed E-state index contributed by atoms with van der Waals surface area (Å²) in [7, 11) is 0. The minimum atomic E-state index is -3.27. The zero-order chi connectivity index (χ0) is 23.5. The number of amides is 2. The summed E-state index contributed by atoms with van der Waals surface area (Å²) in [6.07, 6.45) is -0.685. The van der Waals surface area contributed by atoms with Gasteiger partial charge in [0, 0.05) is 23.1 Å². The second-order valence-electron chi connectivity index (χ2n) is 7.56. The lowest BCUT2D eigenvalue weighted by atomic mass is 9.99. The largest absolute Gasteiger partial charge is 0.480 e. The van der Waals surface area contributed by atoms with Crippen LogP contribution in [0.25, 0.3) is 0 Å². The van der Waals surface area contributed by atoms with Crippen LogP contribution in [-0.4, -0.2) is 59.3 Å². The summed E-state index contributed by atoms with van der Waals surface area (Å²) in [6, 6.07) is 10.1. The van der Waals surface area contributed by atoms with Crippen LogP contribution in [0, 0.1) is 0 Å². The van der Waals surface area contributed by atoms with Gasteiger partial charge in [-0.1, -0.05) is 42.5 Å². The summed E-state index contributed by atoms with van der Waals surface area (Å²) in [6.45, 7) is -2.84. The predicted molar refractivity (Wildman–Crippen MR) is 106 cm³/mol. The second kappa shape index (κ2) is 8.97. The van der Waals surface area contributed by atoms with Crippen molar-refractivity contribution in [3.63, 3.8) is 0 Å². The minimum absolute atomic E-state index is 0.00906. The first-order valence-electron chi connectivity index (χ1n) is 9.66. The van der Waals surface area contributed by atoms with E-state index in [1.165, 1.54) is 24.3 Å². The van der Waals surface area contributed by atoms with Crippen molar-refractivity contribution in [1.29, 1.82) is 0 Å². The molecule has 0 spiro atoms. The zero-order valence-corrected chi connectivity index (χ0v) is 16.7. The topological polar surface area (TPSA) is 86.7 Å². The Morgan fingerprint density at radius 2 is 1.66 bits per heavy atom. The molecule has 3 rings (SSSR count). The van der Waals surface area contributed by atoms with Crippen LogP contribution >= 0.6 is 0 Å². The molecule has 2 amide bonds. The van der Waals surface area contributed by atoms with Gasteiger partial charge in [-0.2, -0.15) is 8.78 Å². The number of carboxylic acids is 1. The standard InChI is InChI=1S/C22H20F4N2O4/c23-12-21(24)10-17(20(31)32)28(13-21)18(29)11-27-19(30)14-6-8-16(9-7-14)22(25,26)15-4-2-1-3-5-15/h1-9,17H,10-13H2,(H,27,30)(H,31,32)/t17?,21-/m0/s1. The van der Waals surface area contributed by atoms with E-state index in [2.05, 4.69) is 5.32 Å². The highest BCUT2D eigenvalue weighted by Gasteiger charge is 2.49. The van der Waals surface area contributed by atoms with E-state index in [-0.39, 0.29) is 16.7 Å². The SMILES string of the molecule is O=C(NCC(=O)N1C[C@@](F)(CF)CC1C(=O)O)c1ccc(C(F)(F)c2ccccc2)cc1. The molecular formula is C22H20F4N2O4. The van der Waals surface area contributed by atoms with Gasteiger partial charge in [-0.15, -0.1) is 0 Å². The molecule has 0 aromatic heterocycles. The number of carbonyl (C=O) groups excluding carboxylic acids is 2. The highest BCUT2D eigenvalue weighted by Crippen LogP contribution is 2.35. The summed E-state index contributed by atoms with van der Waals surface area (Å²) in [5.41, 5.74) is -3.00. The third-order valence-electron chi connectivity index (χ3n) is 5.28. The van der Waals surface area contributed by atoms with Crippen molar-refractivity contribution in [2.75, 3.05) is 19.8 Å². The third kappa shape index (κ3) is 4.74. The fourth-order valence-corrected chi connectivity index (χ4v) is 3.52. The van der Waals surface area contributed by atoms with Gasteiger partial charge in [0.25, 0.3) is 11.8 Å². The second-order valence-corrected chi connectivity index (χ2v) is 7.56. The first-order chi connectivity index (χ1) is 15.1. The molecule has 0 bridgehead atoms. The highest BCUT2D eigenvalue weighted by atomic mass is 19.3. The first kappa shape index (κ1) is 23.2. The van der Waals surface area contributed by atoms with E-state index in [9.17, 15) is 31.9 Å². The molecule has 2 aromatic carbocycles. The van der Waals surface area contributed by atoms with E-state index < -0.39 is 61.6 Å². The molecule has 0 saturated carbocycles. The Morgan fingerprint density at radius 3 is 2.22 bits per heavy atom. The summed E-state index contributed by atoms with van der Waals surface area (Å²) in [5.74, 6) is -6.42. The van der Waals surface area contributed by atoms with Gasteiger partial charge >= 0.3 is 5.97 Å². The van der Waals surface area contributed by atoms with Gasteiger partial charge in [0.2, 0.25) is 5.91 Å². The number of halogens is 4. The van der Waals surface area contributed by atoms with Gasteiger partial charge in [-0.05, 0) is 12.1 Å². The average molecular weight is 452 g/mol. The van der Waals surface area contributed by atoms with Crippen LogP contribution < -0.4 is 5.32 Å². The molecule has 1 fully saturated rings. The lowest BCUT2D eigenvalue weighted by molar-refractivity contribution is -0.147. The van der Waals surface area contributed by atoms with Crippen molar-refractivity contribution in [1.82, 2.24) is 10.2 Å². The third-order valence-corrected chi connectivity index (χ3v) is 5.28. The van der Waals surface area contributed by atoms with E-state index in [1.54, 1.807) is 6.07 Å². The van der Waals surface area contributed by atoms with E-state index >= 15 is 0 Å². The Morgan fingerprint density at radius 1 is 1.06 bits per heavy atom. The van der Waals surface area contributed by atoms with Crippen molar-refractivity contribution in [3.8, 4) is 0 Å². The zero-order valence-electron chi connectivity index (χ0n) is 16.7. The van der Waals surface area contributed by atoms with Gasteiger partial charge in [0.1, 0.15) is 12.7 Å². The molecule has 32 heavy (non-hydrogen) atoms. The lowest BCUT2D eigenvalue weighted by Crippen LogP contribution is -2.46. The molecule has 0 radical (unpaired) electrons. The average Bonchev–Trinajstić information content (AvgIpc) is 3.17. The summed E-state index contributed by atoms with van der Waals surface area (Å²) < 4.78 is 56.3. The molecule has 0 aliphatic carbocycles. The molecule has 10 heteroatoms. The molecule has 1 saturated heterocycles. The fourth-order valence-electron chi connectivity index (χ4n) is 3.52. The molecule has 1 aliphatic heterocycles. The van der Waals surface area contributed by atoms with E-state index in [0.717, 1.165) is 24.3 Å². The van der Waals surface area contributed by atoms with Crippen molar-refractivity contribution < 1.29 is 37.1 Å². The van der Waals surface area contributed by atoms with Crippen LogP contribution in [0.5, 0.6) is 0 Å². The number of benzene rings is 2. The molecular weight excluding hydrogens is 432 g/mol. The molecule has 1 aliphatic rings. The quantitative estimate of drug-likeness (QED) is 0.633. The number of hydrogen-bond donors (Lipinski definition) is 2. The Labute approximate surface area is 180 Å². The maximum absolute atomic E-state index is 14.6. The van der Waals surface area contributed by atoms with Crippen molar-refractivity contribution in [2.45, 2.75) is 24.1 Å². The summed E-state index contributed by atoms with van der Waals surface area (Å²) in [5, 5.41) is 11.4. The van der Waals surface area contributed by atoms with Gasteiger partial charge < -0.3 is 15.3 Å². The molecule has 2 aromatic rings. The number of hydrogen-bond acceptors (Lipinski definition) is 3. The predicted octanol–water partition coefficient (Wildman–Crippen LogP) is 2.92.